The van der Waals surface area contributed by atoms with Gasteiger partial charge in [0.25, 0.3) is 0 Å². The van der Waals surface area contributed by atoms with E-state index in [-0.39, 0.29) is 30.3 Å². The second kappa shape index (κ2) is 7.88. The standard InChI is InChI=1S/C18H27FN2O2/c1-3-18(14-22)9-6-10-21(13-18)17(23)12-20(2)11-15-7-4-5-8-16(15)19/h4-5,7-8,22H,3,6,9-14H2,1-2H3/t18-/m1/s1. The van der Waals surface area contributed by atoms with E-state index < -0.39 is 0 Å². The van der Waals surface area contributed by atoms with Crippen LogP contribution < -0.4 is 0 Å². The first-order chi connectivity index (χ1) is 11.0. The molecule has 0 spiro atoms. The number of benzene rings is 1. The van der Waals surface area contributed by atoms with E-state index in [0.29, 0.717) is 18.7 Å². The predicted octanol–water partition coefficient (Wildman–Crippen LogP) is 2.27. The first-order valence-electron chi connectivity index (χ1n) is 8.30. The van der Waals surface area contributed by atoms with Crippen LogP contribution in [0.25, 0.3) is 0 Å². The number of likely N-dealkylation sites (tertiary alicyclic amines) is 1. The van der Waals surface area contributed by atoms with Gasteiger partial charge >= 0.3 is 0 Å². The van der Waals surface area contributed by atoms with Crippen molar-refractivity contribution in [3.05, 3.63) is 35.6 Å². The summed E-state index contributed by atoms with van der Waals surface area (Å²) in [4.78, 5) is 16.2. The van der Waals surface area contributed by atoms with Gasteiger partial charge in [0, 0.05) is 30.6 Å². The lowest BCUT2D eigenvalue weighted by atomic mass is 9.78. The van der Waals surface area contributed by atoms with Crippen molar-refractivity contribution in [1.82, 2.24) is 9.80 Å². The SMILES string of the molecule is CC[C@@]1(CO)CCCN(C(=O)CN(C)Cc2ccccc2F)C1. The molecule has 1 atom stereocenters. The largest absolute Gasteiger partial charge is 0.396 e. The van der Waals surface area contributed by atoms with Gasteiger partial charge in [-0.1, -0.05) is 25.1 Å². The van der Waals surface area contributed by atoms with Crippen LogP contribution in [0.4, 0.5) is 4.39 Å². The van der Waals surface area contributed by atoms with Gasteiger partial charge in [-0.3, -0.25) is 9.69 Å². The average molecular weight is 322 g/mol. The van der Waals surface area contributed by atoms with Crippen LogP contribution >= 0.6 is 0 Å². The monoisotopic (exact) mass is 322 g/mol. The molecule has 23 heavy (non-hydrogen) atoms. The van der Waals surface area contributed by atoms with Crippen LogP contribution in [0.3, 0.4) is 0 Å². The Hall–Kier alpha value is -1.46. The van der Waals surface area contributed by atoms with Crippen molar-refractivity contribution in [2.75, 3.05) is 33.3 Å². The van der Waals surface area contributed by atoms with Crippen molar-refractivity contribution in [2.45, 2.75) is 32.7 Å². The van der Waals surface area contributed by atoms with Gasteiger partial charge in [0.05, 0.1) is 13.2 Å². The maximum atomic E-state index is 13.7. The van der Waals surface area contributed by atoms with Crippen LogP contribution in [0.15, 0.2) is 24.3 Å². The lowest BCUT2D eigenvalue weighted by Gasteiger charge is -2.41. The van der Waals surface area contributed by atoms with E-state index in [4.69, 9.17) is 0 Å². The molecule has 1 aliphatic rings. The highest BCUT2D eigenvalue weighted by Gasteiger charge is 2.35. The minimum Gasteiger partial charge on any atom is -0.396 e. The number of hydrogen-bond donors (Lipinski definition) is 1. The Kier molecular flexibility index (Phi) is 6.13. The van der Waals surface area contributed by atoms with E-state index in [1.165, 1.54) is 6.07 Å². The van der Waals surface area contributed by atoms with Gasteiger partial charge in [-0.25, -0.2) is 4.39 Å². The summed E-state index contributed by atoms with van der Waals surface area (Å²) >= 11 is 0. The number of aliphatic hydroxyl groups is 1. The number of likely N-dealkylation sites (N-methyl/N-ethyl adjacent to an activating group) is 1. The van der Waals surface area contributed by atoms with Crippen LogP contribution in [0.2, 0.25) is 0 Å². The Balaban J connectivity index is 1.92. The van der Waals surface area contributed by atoms with Crippen molar-refractivity contribution in [1.29, 1.82) is 0 Å². The van der Waals surface area contributed by atoms with E-state index >= 15 is 0 Å². The number of amides is 1. The number of aliphatic hydroxyl groups excluding tert-OH is 1. The molecule has 1 aliphatic heterocycles. The van der Waals surface area contributed by atoms with E-state index in [9.17, 15) is 14.3 Å². The fourth-order valence-corrected chi connectivity index (χ4v) is 3.25. The van der Waals surface area contributed by atoms with Gasteiger partial charge in [-0.05, 0) is 32.4 Å². The summed E-state index contributed by atoms with van der Waals surface area (Å²) in [5, 5.41) is 9.66. The van der Waals surface area contributed by atoms with Crippen molar-refractivity contribution in [3.8, 4) is 0 Å². The molecule has 5 heteroatoms. The molecule has 1 amide bonds. The minimum atomic E-state index is -0.241. The van der Waals surface area contributed by atoms with Crippen molar-refractivity contribution in [3.63, 3.8) is 0 Å². The van der Waals surface area contributed by atoms with Gasteiger partial charge in [0.15, 0.2) is 0 Å². The summed E-state index contributed by atoms with van der Waals surface area (Å²) in [6, 6.07) is 6.64. The Morgan fingerprint density at radius 1 is 1.43 bits per heavy atom. The maximum absolute atomic E-state index is 13.7. The molecule has 1 fully saturated rings. The molecule has 2 rings (SSSR count). The normalized spacial score (nSPS) is 21.7. The topological polar surface area (TPSA) is 43.8 Å². The third-order valence-corrected chi connectivity index (χ3v) is 4.90. The van der Waals surface area contributed by atoms with Gasteiger partial charge in [-0.2, -0.15) is 0 Å². The summed E-state index contributed by atoms with van der Waals surface area (Å²) in [6.45, 7) is 4.22. The number of hydrogen-bond acceptors (Lipinski definition) is 3. The Bertz CT molecular complexity index is 532. The van der Waals surface area contributed by atoms with Crippen molar-refractivity contribution < 1.29 is 14.3 Å². The Labute approximate surface area is 137 Å². The molecule has 0 aliphatic carbocycles. The van der Waals surface area contributed by atoms with E-state index in [1.807, 2.05) is 16.8 Å². The molecule has 1 N–H and O–H groups in total. The van der Waals surface area contributed by atoms with E-state index in [0.717, 1.165) is 25.8 Å². The molecule has 0 saturated carbocycles. The molecular weight excluding hydrogens is 295 g/mol. The lowest BCUT2D eigenvalue weighted by Crippen LogP contribution is -2.50. The molecule has 1 saturated heterocycles. The van der Waals surface area contributed by atoms with Gasteiger partial charge in [-0.15, -0.1) is 0 Å². The maximum Gasteiger partial charge on any atom is 0.236 e. The highest BCUT2D eigenvalue weighted by atomic mass is 19.1. The highest BCUT2D eigenvalue weighted by molar-refractivity contribution is 5.78. The van der Waals surface area contributed by atoms with E-state index in [1.54, 1.807) is 18.2 Å². The van der Waals surface area contributed by atoms with Crippen LogP contribution in [0.5, 0.6) is 0 Å². The lowest BCUT2D eigenvalue weighted by molar-refractivity contribution is -0.136. The minimum absolute atomic E-state index is 0.0508. The Morgan fingerprint density at radius 2 is 2.17 bits per heavy atom. The predicted molar refractivity (Wildman–Crippen MR) is 88.4 cm³/mol. The molecule has 1 aromatic carbocycles. The number of piperidine rings is 1. The van der Waals surface area contributed by atoms with Gasteiger partial charge in [0.1, 0.15) is 5.82 Å². The fraction of sp³-hybridized carbons (Fsp3) is 0.611. The van der Waals surface area contributed by atoms with Crippen LogP contribution in [0, 0.1) is 11.2 Å². The second-order valence-electron chi connectivity index (χ2n) is 6.69. The number of halogens is 1. The zero-order valence-corrected chi connectivity index (χ0v) is 14.1. The number of carbonyl (C=O) groups excluding carboxylic acids is 1. The number of carbonyl (C=O) groups is 1. The Morgan fingerprint density at radius 3 is 2.83 bits per heavy atom. The van der Waals surface area contributed by atoms with Crippen LogP contribution in [-0.2, 0) is 11.3 Å². The molecular formula is C18H27FN2O2. The fourth-order valence-electron chi connectivity index (χ4n) is 3.25. The number of rotatable bonds is 6. The molecule has 1 aromatic rings. The molecule has 0 radical (unpaired) electrons. The van der Waals surface area contributed by atoms with Crippen LogP contribution in [-0.4, -0.2) is 54.1 Å². The third kappa shape index (κ3) is 4.52. The average Bonchev–Trinajstić information content (AvgIpc) is 2.57. The quantitative estimate of drug-likeness (QED) is 0.874. The number of nitrogens with zero attached hydrogens (tertiary/aromatic N) is 2. The van der Waals surface area contributed by atoms with E-state index in [2.05, 4.69) is 6.92 Å². The zero-order valence-electron chi connectivity index (χ0n) is 14.1. The molecule has 4 nitrogen and oxygen atoms in total. The van der Waals surface area contributed by atoms with Gasteiger partial charge < -0.3 is 10.0 Å². The summed E-state index contributed by atoms with van der Waals surface area (Å²) in [7, 11) is 1.83. The summed E-state index contributed by atoms with van der Waals surface area (Å²) in [5.74, 6) is -0.190. The summed E-state index contributed by atoms with van der Waals surface area (Å²) in [6.07, 6.45) is 2.77. The summed E-state index contributed by atoms with van der Waals surface area (Å²) in [5.41, 5.74) is 0.442. The first-order valence-corrected chi connectivity index (χ1v) is 8.30. The van der Waals surface area contributed by atoms with Gasteiger partial charge in [0.2, 0.25) is 5.91 Å². The molecule has 0 aromatic heterocycles. The highest BCUT2D eigenvalue weighted by Crippen LogP contribution is 2.32. The first kappa shape index (κ1) is 17.9. The smallest absolute Gasteiger partial charge is 0.236 e. The molecule has 0 bridgehead atoms. The second-order valence-corrected chi connectivity index (χ2v) is 6.69. The van der Waals surface area contributed by atoms with Crippen molar-refractivity contribution >= 4 is 5.91 Å². The molecule has 1 heterocycles. The zero-order chi connectivity index (χ0) is 16.9. The third-order valence-electron chi connectivity index (χ3n) is 4.90. The molecule has 128 valence electrons. The van der Waals surface area contributed by atoms with Crippen LogP contribution in [0.1, 0.15) is 31.7 Å². The summed E-state index contributed by atoms with van der Waals surface area (Å²) < 4.78 is 13.7. The van der Waals surface area contributed by atoms with Crippen molar-refractivity contribution in [2.24, 2.45) is 5.41 Å². The molecule has 0 unspecified atom stereocenters.